The van der Waals surface area contributed by atoms with Crippen LogP contribution in [-0.2, 0) is 32.5 Å². The zero-order valence-electron chi connectivity index (χ0n) is 86.2. The number of hydrogen-bond acceptors (Lipinski definition) is 2. The summed E-state index contributed by atoms with van der Waals surface area (Å²) in [6.07, 6.45) is 0. The lowest BCUT2D eigenvalue weighted by Gasteiger charge is -2.45. The second-order valence-corrected chi connectivity index (χ2v) is 30.3. The fraction of sp³-hybridized carbons (Fsp3) is 0.267. The van der Waals surface area contributed by atoms with Gasteiger partial charge in [-0.25, -0.2) is 0 Å². The minimum atomic E-state index is -1.50. The number of benzene rings is 11. The molecule has 3 heteroatoms. The van der Waals surface area contributed by atoms with Gasteiger partial charge in [0.15, 0.2) is 0 Å². The zero-order chi connectivity index (χ0) is 92.0. The van der Waals surface area contributed by atoms with E-state index in [-0.39, 0.29) is 107 Å². The van der Waals surface area contributed by atoms with Crippen LogP contribution in [0.3, 0.4) is 0 Å². The number of rotatable bonds is 8. The summed E-state index contributed by atoms with van der Waals surface area (Å²) in [4.78, 5) is 2.92. The maximum Gasteiger partial charge on any atom is 0.252 e. The molecule has 466 valence electrons. The Morgan fingerprint density at radius 2 is 0.581 bits per heavy atom. The molecule has 0 fully saturated rings. The second-order valence-electron chi connectivity index (χ2n) is 30.3. The van der Waals surface area contributed by atoms with E-state index in [1.807, 2.05) is 0 Å². The molecule has 13 rings (SSSR count). The van der Waals surface area contributed by atoms with E-state index in [0.29, 0.717) is 0 Å². The third kappa shape index (κ3) is 11.8. The second kappa shape index (κ2) is 23.0. The van der Waals surface area contributed by atoms with Crippen molar-refractivity contribution < 1.29 is 41.1 Å². The molecule has 0 bridgehead atoms. The summed E-state index contributed by atoms with van der Waals surface area (Å²) < 4.78 is 299. The third-order valence-electron chi connectivity index (χ3n) is 17.0. The van der Waals surface area contributed by atoms with Gasteiger partial charge in [0.1, 0.15) is 0 Å². The van der Waals surface area contributed by atoms with Crippen molar-refractivity contribution in [3.05, 3.63) is 269 Å². The van der Waals surface area contributed by atoms with E-state index in [4.69, 9.17) is 8.22 Å². The molecule has 0 aromatic heterocycles. The Balaban J connectivity index is 1.39. The molecule has 2 nitrogen and oxygen atoms in total. The molecule has 0 saturated carbocycles. The van der Waals surface area contributed by atoms with E-state index in [9.17, 15) is 32.9 Å². The SMILES string of the molecule is [2H]c1c([2H])c([2H])c(-c2ccc3c(c2)B2c4cc(-c5c([2H])c([2H])c([2H])c([2H])c5[2H])ccc4N(c4c(-c5c([2H])c([2H])c(C(C)(C)C)c([2H])c5[2H])c([2H])c([2H])c([2H])c4-c4c([2H])c(C(C)(C)C)c([2H])c(C(C)(C)C)c4[2H])c4cccc(c42)N3c2c(-c3c([2H])c([2H])c(C(C)(C)C)c([2H])c3[2H])c([2H])c([2H])c([2H])c2-c2c([2H])c(C(C)(C)C)c([2H])c(C(C)(C)C)c2[2H])c([2H])c1[2H]. The van der Waals surface area contributed by atoms with Gasteiger partial charge in [-0.1, -0.05) is 336 Å². The van der Waals surface area contributed by atoms with Crippen LogP contribution in [0.15, 0.2) is 236 Å². The van der Waals surface area contributed by atoms with E-state index in [0.717, 1.165) is 0 Å². The average Bonchev–Trinajstić information content (AvgIpc) is 0.677. The predicted octanol–water partition coefficient (Wildman–Crippen LogP) is 23.6. The highest BCUT2D eigenvalue weighted by Gasteiger charge is 2.45. The molecule has 0 aliphatic carbocycles. The molecule has 2 aliphatic rings. The average molecular weight is 1240 g/mol. The molecule has 93 heavy (non-hydrogen) atoms. The van der Waals surface area contributed by atoms with Gasteiger partial charge < -0.3 is 9.80 Å². The van der Waals surface area contributed by atoms with Gasteiger partial charge >= 0.3 is 0 Å². The summed E-state index contributed by atoms with van der Waals surface area (Å²) in [5, 5.41) is 0. The van der Waals surface area contributed by atoms with Gasteiger partial charge in [-0.3, -0.25) is 0 Å². The summed E-state index contributed by atoms with van der Waals surface area (Å²) in [6.45, 7) is 29.5. The quantitative estimate of drug-likeness (QED) is 0.140. The van der Waals surface area contributed by atoms with Crippen molar-refractivity contribution in [2.75, 3.05) is 9.80 Å². The van der Waals surface area contributed by atoms with Crippen LogP contribution in [0.4, 0.5) is 34.1 Å². The lowest BCUT2D eigenvalue weighted by atomic mass is 9.33. The van der Waals surface area contributed by atoms with Gasteiger partial charge in [-0.2, -0.15) is 0 Å². The molecule has 0 spiro atoms. The largest absolute Gasteiger partial charge is 0.310 e. The normalized spacial score (nSPS) is 17.9. The topological polar surface area (TPSA) is 6.48 Å². The Morgan fingerprint density at radius 3 is 0.892 bits per heavy atom. The predicted molar refractivity (Wildman–Crippen MR) is 405 cm³/mol. The Bertz CT molecular complexity index is 5940. The molecule has 11 aromatic carbocycles. The Hall–Kier alpha value is -8.92. The van der Waals surface area contributed by atoms with E-state index in [2.05, 4.69) is 0 Å². The highest BCUT2D eigenvalue weighted by molar-refractivity contribution is 7.00. The molecule has 2 aliphatic heterocycles. The number of hydrogen-bond donors (Lipinski definition) is 0. The van der Waals surface area contributed by atoms with Crippen molar-refractivity contribution in [2.45, 2.75) is 157 Å². The van der Waals surface area contributed by atoms with Gasteiger partial charge in [0, 0.05) is 45.0 Å². The number of para-hydroxylation sites is 2. The lowest BCUT2D eigenvalue weighted by molar-refractivity contribution is 0.568. The maximum absolute atomic E-state index is 10.7. The van der Waals surface area contributed by atoms with Crippen molar-refractivity contribution in [1.29, 1.82) is 0 Å². The number of fused-ring (bicyclic) bond motifs is 4. The monoisotopic (exact) mass is 1240 g/mol. The molecule has 11 aromatic rings. The summed E-state index contributed by atoms with van der Waals surface area (Å²) in [5.74, 6) is 0. The van der Waals surface area contributed by atoms with Crippen molar-refractivity contribution >= 4 is 57.2 Å². The van der Waals surface area contributed by atoms with Crippen LogP contribution in [0.5, 0.6) is 0 Å². The van der Waals surface area contributed by atoms with Crippen LogP contribution in [0.2, 0.25) is 0 Å². The molecule has 0 amide bonds. The molecule has 0 N–H and O–H groups in total. The minimum Gasteiger partial charge on any atom is -0.310 e. The van der Waals surface area contributed by atoms with Crippen molar-refractivity contribution in [1.82, 2.24) is 0 Å². The zero-order valence-corrected chi connectivity index (χ0v) is 56.2. The molecule has 0 unspecified atom stereocenters. The first-order valence-corrected chi connectivity index (χ1v) is 31.4. The standard InChI is InChI=1S/C90H93BN2/c1-85(2,3)66-44-38-60(39-45-66)72-32-25-34-74(64-50-68(87(7,8)9)56-69(51-64)88(10,11)12)83(72)92-78-48-42-62(58-28-21-19-22-29-58)54-76(78)91-77-55-63(59-30-23-20-24-31-59)43-49-79(77)93(81-37-27-36-80(92)82(81)91)84-73(61-40-46-67(47-41-61)86(4,5)6)33-26-35-75(84)65-52-70(89(13,14)15)57-71(53-65)90(16,17)18/h19-57H,1-18H3/i19D,20D,21D,22D,23D,24D,25D,26D,28D,29D,30D,31D,32D,33D,34D,35D,38D,39D,40D,41D,44D,45D,46D,47D,50D,51D,52D,53D,56D,57D. The van der Waals surface area contributed by atoms with Crippen LogP contribution in [0.1, 0.15) is 199 Å². The van der Waals surface area contributed by atoms with Gasteiger partial charge in [-0.15, -0.1) is 0 Å². The highest BCUT2D eigenvalue weighted by Crippen LogP contribution is 2.54. The van der Waals surface area contributed by atoms with Gasteiger partial charge in [0.25, 0.3) is 6.71 Å². The fourth-order valence-electron chi connectivity index (χ4n) is 11.8. The van der Waals surface area contributed by atoms with Gasteiger partial charge in [-0.05, 0) is 151 Å². The number of nitrogens with zero attached hydrogens (tertiary/aromatic N) is 2. The fourth-order valence-corrected chi connectivity index (χ4v) is 11.8. The van der Waals surface area contributed by atoms with Crippen molar-refractivity contribution in [3.8, 4) is 66.8 Å². The highest BCUT2D eigenvalue weighted by atomic mass is 15.2. The molecule has 0 radical (unpaired) electrons. The first-order chi connectivity index (χ1) is 56.5. The van der Waals surface area contributed by atoms with Crippen molar-refractivity contribution in [3.63, 3.8) is 0 Å². The van der Waals surface area contributed by atoms with Crippen molar-refractivity contribution in [2.24, 2.45) is 0 Å². The van der Waals surface area contributed by atoms with E-state index in [1.165, 1.54) is 52.3 Å². The van der Waals surface area contributed by atoms with Gasteiger partial charge in [0.2, 0.25) is 0 Å². The van der Waals surface area contributed by atoms with Crippen LogP contribution < -0.4 is 26.2 Å². The first-order valence-electron chi connectivity index (χ1n) is 46.4. The Labute approximate surface area is 599 Å². The van der Waals surface area contributed by atoms with E-state index < -0.39 is 264 Å². The molecule has 2 heterocycles. The molecule has 0 atom stereocenters. The Morgan fingerprint density at radius 1 is 0.269 bits per heavy atom. The molecular formula is C90H93BN2. The van der Waals surface area contributed by atoms with Crippen LogP contribution in [-0.4, -0.2) is 6.71 Å². The van der Waals surface area contributed by atoms with Crippen LogP contribution in [0.25, 0.3) is 66.8 Å². The summed E-state index contributed by atoms with van der Waals surface area (Å²) in [7, 11) is 0. The summed E-state index contributed by atoms with van der Waals surface area (Å²) in [5.41, 5.74) is -12.7. The first kappa shape index (κ1) is 36.5. The van der Waals surface area contributed by atoms with Gasteiger partial charge in [0.05, 0.1) is 52.5 Å². The minimum absolute atomic E-state index is 0.00272. The summed E-state index contributed by atoms with van der Waals surface area (Å²) in [6, 6.07) is -6.65. The lowest BCUT2D eigenvalue weighted by Crippen LogP contribution is -2.61. The Kier molecular flexibility index (Phi) is 9.02. The van der Waals surface area contributed by atoms with Crippen LogP contribution >= 0.6 is 0 Å². The smallest absolute Gasteiger partial charge is 0.252 e. The third-order valence-corrected chi connectivity index (χ3v) is 17.0. The number of anilines is 6. The van der Waals surface area contributed by atoms with E-state index >= 15 is 0 Å². The molecular weight excluding hydrogens is 1120 g/mol. The molecule has 0 saturated heterocycles. The van der Waals surface area contributed by atoms with E-state index in [1.54, 1.807) is 137 Å². The van der Waals surface area contributed by atoms with Crippen LogP contribution in [0, 0.1) is 0 Å². The maximum atomic E-state index is 10.7. The summed E-state index contributed by atoms with van der Waals surface area (Å²) >= 11 is 0.